The number of hydrogen-bond donors (Lipinski definition) is 1. The van der Waals surface area contributed by atoms with Crippen molar-refractivity contribution in [2.75, 3.05) is 23.3 Å². The third-order valence-electron chi connectivity index (χ3n) is 3.97. The molecular formula is C17H16N4O2. The van der Waals surface area contributed by atoms with Crippen molar-refractivity contribution in [2.24, 2.45) is 0 Å². The van der Waals surface area contributed by atoms with E-state index in [2.05, 4.69) is 15.2 Å². The van der Waals surface area contributed by atoms with Gasteiger partial charge in [0.2, 0.25) is 0 Å². The number of rotatable bonds is 3. The molecule has 0 spiro atoms. The van der Waals surface area contributed by atoms with Crippen LogP contribution in [0, 0.1) is 0 Å². The van der Waals surface area contributed by atoms with Crippen molar-refractivity contribution in [3.8, 4) is 0 Å². The Bertz CT molecular complexity index is 839. The highest BCUT2D eigenvalue weighted by Crippen LogP contribution is 2.28. The predicted octanol–water partition coefficient (Wildman–Crippen LogP) is 3.08. The van der Waals surface area contributed by atoms with E-state index in [1.165, 1.54) is 12.5 Å². The fraction of sp³-hybridized carbons (Fsp3) is 0.235. The number of benzene rings is 1. The Morgan fingerprint density at radius 1 is 1.09 bits per heavy atom. The van der Waals surface area contributed by atoms with E-state index >= 15 is 0 Å². The average Bonchev–Trinajstić information content (AvgIpc) is 3.27. The molecule has 1 saturated heterocycles. The molecule has 1 fully saturated rings. The molecule has 0 aliphatic carbocycles. The minimum Gasteiger partial charge on any atom is -0.472 e. The number of nitrogens with zero attached hydrogens (tertiary/aromatic N) is 3. The molecule has 0 unspecified atom stereocenters. The number of amides is 1. The molecule has 1 aromatic carbocycles. The zero-order chi connectivity index (χ0) is 15.6. The maximum absolute atomic E-state index is 12.3. The number of carbonyl (C=O) groups excluding carboxylic acids is 1. The number of para-hydroxylation sites is 2. The number of furan rings is 1. The second kappa shape index (κ2) is 5.72. The summed E-state index contributed by atoms with van der Waals surface area (Å²) < 4.78 is 4.97. The number of anilines is 2. The Balaban J connectivity index is 1.76. The van der Waals surface area contributed by atoms with Crippen molar-refractivity contribution < 1.29 is 9.21 Å². The van der Waals surface area contributed by atoms with Gasteiger partial charge in [-0.2, -0.15) is 0 Å². The smallest absolute Gasteiger partial charge is 0.260 e. The summed E-state index contributed by atoms with van der Waals surface area (Å²) in [4.78, 5) is 23.8. The Hall–Kier alpha value is -2.89. The van der Waals surface area contributed by atoms with Gasteiger partial charge in [-0.05, 0) is 31.0 Å². The van der Waals surface area contributed by atoms with E-state index in [0.29, 0.717) is 11.4 Å². The summed E-state index contributed by atoms with van der Waals surface area (Å²) >= 11 is 0. The van der Waals surface area contributed by atoms with E-state index in [1.807, 2.05) is 24.3 Å². The Labute approximate surface area is 133 Å². The van der Waals surface area contributed by atoms with E-state index in [0.717, 1.165) is 42.8 Å². The quantitative estimate of drug-likeness (QED) is 0.805. The number of fused-ring (bicyclic) bond motifs is 1. The second-order valence-electron chi connectivity index (χ2n) is 5.54. The van der Waals surface area contributed by atoms with Crippen molar-refractivity contribution in [2.45, 2.75) is 12.8 Å². The molecule has 4 rings (SSSR count). The first-order valence-electron chi connectivity index (χ1n) is 7.66. The summed E-state index contributed by atoms with van der Waals surface area (Å²) in [7, 11) is 0. The number of hydrogen-bond acceptors (Lipinski definition) is 5. The van der Waals surface area contributed by atoms with Crippen LogP contribution in [0.5, 0.6) is 0 Å². The van der Waals surface area contributed by atoms with Gasteiger partial charge in [-0.25, -0.2) is 9.97 Å². The first kappa shape index (κ1) is 13.8. The zero-order valence-corrected chi connectivity index (χ0v) is 12.5. The van der Waals surface area contributed by atoms with Crippen LogP contribution in [0.3, 0.4) is 0 Å². The van der Waals surface area contributed by atoms with Crippen molar-refractivity contribution in [1.82, 2.24) is 9.97 Å². The van der Waals surface area contributed by atoms with Gasteiger partial charge in [-0.15, -0.1) is 0 Å². The van der Waals surface area contributed by atoms with Gasteiger partial charge in [0.25, 0.3) is 5.91 Å². The monoisotopic (exact) mass is 308 g/mol. The lowest BCUT2D eigenvalue weighted by Crippen LogP contribution is -2.23. The maximum atomic E-state index is 12.3. The van der Waals surface area contributed by atoms with Gasteiger partial charge in [0.05, 0.1) is 22.9 Å². The van der Waals surface area contributed by atoms with Gasteiger partial charge in [-0.1, -0.05) is 12.1 Å². The summed E-state index contributed by atoms with van der Waals surface area (Å²) in [5.74, 6) is 0.985. The first-order chi connectivity index (χ1) is 11.3. The van der Waals surface area contributed by atoms with Gasteiger partial charge >= 0.3 is 0 Å². The van der Waals surface area contributed by atoms with Crippen LogP contribution in [0.2, 0.25) is 0 Å². The summed E-state index contributed by atoms with van der Waals surface area (Å²) in [5.41, 5.74) is 2.06. The molecule has 1 N–H and O–H groups in total. The van der Waals surface area contributed by atoms with Crippen molar-refractivity contribution in [3.05, 3.63) is 48.4 Å². The summed E-state index contributed by atoms with van der Waals surface area (Å²) in [6.45, 7) is 1.86. The molecule has 6 heteroatoms. The van der Waals surface area contributed by atoms with Crippen LogP contribution in [0.25, 0.3) is 11.0 Å². The molecule has 116 valence electrons. The number of nitrogens with one attached hydrogen (secondary N) is 1. The van der Waals surface area contributed by atoms with Gasteiger partial charge in [-0.3, -0.25) is 4.79 Å². The van der Waals surface area contributed by atoms with Crippen LogP contribution in [0.4, 0.5) is 11.6 Å². The predicted molar refractivity (Wildman–Crippen MR) is 87.6 cm³/mol. The van der Waals surface area contributed by atoms with Crippen molar-refractivity contribution >= 4 is 28.6 Å². The minimum atomic E-state index is -0.247. The van der Waals surface area contributed by atoms with Crippen LogP contribution in [0.15, 0.2) is 47.3 Å². The van der Waals surface area contributed by atoms with Gasteiger partial charge in [0, 0.05) is 13.1 Å². The zero-order valence-electron chi connectivity index (χ0n) is 12.5. The lowest BCUT2D eigenvalue weighted by molar-refractivity contribution is 0.102. The Kier molecular flexibility index (Phi) is 3.42. The van der Waals surface area contributed by atoms with Gasteiger partial charge in [0.1, 0.15) is 6.26 Å². The molecule has 23 heavy (non-hydrogen) atoms. The molecule has 1 aliphatic heterocycles. The third kappa shape index (κ3) is 2.63. The van der Waals surface area contributed by atoms with Crippen LogP contribution in [0.1, 0.15) is 23.2 Å². The first-order valence-corrected chi connectivity index (χ1v) is 7.66. The van der Waals surface area contributed by atoms with Crippen LogP contribution in [-0.4, -0.2) is 29.0 Å². The standard InChI is InChI=1S/C17H16N4O2/c22-17(12-7-10-23-11-12)20-15-16(21-8-3-4-9-21)19-14-6-2-1-5-13(14)18-15/h1-2,5-7,10-11H,3-4,8-9H2,(H,18,20,22). The lowest BCUT2D eigenvalue weighted by Gasteiger charge is -2.20. The molecule has 1 aliphatic rings. The SMILES string of the molecule is O=C(Nc1nc2ccccc2nc1N1CCCC1)c1ccoc1. The molecule has 0 radical (unpaired) electrons. The summed E-state index contributed by atoms with van der Waals surface area (Å²) in [5, 5.41) is 2.87. The molecule has 0 saturated carbocycles. The van der Waals surface area contributed by atoms with Gasteiger partial charge in [0.15, 0.2) is 11.6 Å². The topological polar surface area (TPSA) is 71.3 Å². The molecule has 3 heterocycles. The fourth-order valence-corrected chi connectivity index (χ4v) is 2.80. The molecular weight excluding hydrogens is 292 g/mol. The largest absolute Gasteiger partial charge is 0.472 e. The maximum Gasteiger partial charge on any atom is 0.260 e. The fourth-order valence-electron chi connectivity index (χ4n) is 2.80. The van der Waals surface area contributed by atoms with E-state index in [-0.39, 0.29) is 5.91 Å². The van der Waals surface area contributed by atoms with Crippen molar-refractivity contribution in [1.29, 1.82) is 0 Å². The van der Waals surface area contributed by atoms with E-state index in [1.54, 1.807) is 6.07 Å². The molecule has 2 aromatic heterocycles. The average molecular weight is 308 g/mol. The molecule has 1 amide bonds. The highest BCUT2D eigenvalue weighted by atomic mass is 16.3. The summed E-state index contributed by atoms with van der Waals surface area (Å²) in [6, 6.07) is 9.30. The highest BCUT2D eigenvalue weighted by Gasteiger charge is 2.21. The van der Waals surface area contributed by atoms with Crippen LogP contribution < -0.4 is 10.2 Å². The van der Waals surface area contributed by atoms with Crippen LogP contribution in [-0.2, 0) is 0 Å². The highest BCUT2D eigenvalue weighted by molar-refractivity contribution is 6.05. The summed E-state index contributed by atoms with van der Waals surface area (Å²) in [6.07, 6.45) is 5.15. The molecule has 6 nitrogen and oxygen atoms in total. The normalized spacial score (nSPS) is 14.3. The molecule has 0 atom stereocenters. The van der Waals surface area contributed by atoms with E-state index in [9.17, 15) is 4.79 Å². The van der Waals surface area contributed by atoms with E-state index < -0.39 is 0 Å². The molecule has 3 aromatic rings. The second-order valence-corrected chi connectivity index (χ2v) is 5.54. The Morgan fingerprint density at radius 3 is 2.52 bits per heavy atom. The van der Waals surface area contributed by atoms with E-state index in [4.69, 9.17) is 9.40 Å². The minimum absolute atomic E-state index is 0.247. The van der Waals surface area contributed by atoms with Gasteiger partial charge < -0.3 is 14.6 Å². The lowest BCUT2D eigenvalue weighted by atomic mass is 10.3. The Morgan fingerprint density at radius 2 is 1.83 bits per heavy atom. The van der Waals surface area contributed by atoms with Crippen LogP contribution >= 0.6 is 0 Å². The number of carbonyl (C=O) groups is 1. The van der Waals surface area contributed by atoms with Crippen molar-refractivity contribution in [3.63, 3.8) is 0 Å². The third-order valence-corrected chi connectivity index (χ3v) is 3.97. The molecule has 0 bridgehead atoms. The number of aromatic nitrogens is 2.